The summed E-state index contributed by atoms with van der Waals surface area (Å²) < 4.78 is 30.8. The molecule has 0 bridgehead atoms. The van der Waals surface area contributed by atoms with E-state index < -0.39 is 20.0 Å². The van der Waals surface area contributed by atoms with Crippen LogP contribution >= 0.6 is 0 Å². The van der Waals surface area contributed by atoms with Gasteiger partial charge in [-0.1, -0.05) is 24.3 Å². The van der Waals surface area contributed by atoms with E-state index in [-0.39, 0.29) is 17.5 Å². The fourth-order valence-electron chi connectivity index (χ4n) is 3.61. The fourth-order valence-corrected chi connectivity index (χ4v) is 5.69. The van der Waals surface area contributed by atoms with E-state index in [2.05, 4.69) is 0 Å². The van der Waals surface area contributed by atoms with Crippen molar-refractivity contribution in [2.24, 2.45) is 0 Å². The van der Waals surface area contributed by atoms with E-state index in [9.17, 15) is 13.2 Å². The summed E-state index contributed by atoms with van der Waals surface area (Å²) in [5, 5.41) is 0. The van der Waals surface area contributed by atoms with E-state index in [1.54, 1.807) is 43.3 Å². The first-order chi connectivity index (χ1) is 12.3. The lowest BCUT2D eigenvalue weighted by molar-refractivity contribution is -0.742. The summed E-state index contributed by atoms with van der Waals surface area (Å²) in [5.41, 5.74) is 8.18. The number of anilines is 1. The molecule has 2 N–H and O–H groups in total. The zero-order valence-electron chi connectivity index (χ0n) is 14.9. The Labute approximate surface area is 153 Å². The van der Waals surface area contributed by atoms with Gasteiger partial charge in [0.25, 0.3) is 0 Å². The first-order valence-electron chi connectivity index (χ1n) is 8.50. The second-order valence-corrected chi connectivity index (χ2v) is 8.68. The van der Waals surface area contributed by atoms with Crippen LogP contribution in [0, 0.1) is 0 Å². The predicted molar refractivity (Wildman–Crippen MR) is 99.7 cm³/mol. The fraction of sp³-hybridized carbons (Fsp3) is 0.316. The van der Waals surface area contributed by atoms with Gasteiger partial charge in [0.1, 0.15) is 17.5 Å². The van der Waals surface area contributed by atoms with E-state index >= 15 is 0 Å². The van der Waals surface area contributed by atoms with Gasteiger partial charge in [0, 0.05) is 18.5 Å². The van der Waals surface area contributed by atoms with E-state index in [0.29, 0.717) is 18.5 Å². The number of carbonyl (C=O) groups is 1. The number of likely N-dealkylation sites (tertiary alicyclic amines) is 1. The van der Waals surface area contributed by atoms with Gasteiger partial charge < -0.3 is 10.5 Å². The normalized spacial score (nSPS) is 22.9. The van der Waals surface area contributed by atoms with Crippen molar-refractivity contribution in [2.45, 2.75) is 30.7 Å². The van der Waals surface area contributed by atoms with Crippen LogP contribution in [-0.2, 0) is 14.8 Å². The Bertz CT molecular complexity index is 908. The average Bonchev–Trinajstić information content (AvgIpc) is 3.05. The highest BCUT2D eigenvalue weighted by Crippen LogP contribution is 2.37. The number of amides is 1. The Morgan fingerprint density at radius 1 is 1.08 bits per heavy atom. The molecule has 2 atom stereocenters. The third-order valence-electron chi connectivity index (χ3n) is 5.13. The number of methoxy groups -OCH3 is 1. The van der Waals surface area contributed by atoms with Crippen LogP contribution in [-0.4, -0.2) is 38.1 Å². The monoisotopic (exact) mass is 375 g/mol. The van der Waals surface area contributed by atoms with E-state index in [4.69, 9.17) is 10.5 Å². The molecule has 26 heavy (non-hydrogen) atoms. The van der Waals surface area contributed by atoms with Gasteiger partial charge in [0.2, 0.25) is 0 Å². The predicted octanol–water partition coefficient (Wildman–Crippen LogP) is 3.39. The standard InChI is InChI=1S/C19H23N2O4S/c1-14-4-3-13-21(14,19(22)25-2)26(23,24)18-11-7-16(8-12-18)15-5-9-17(20)10-6-15/h5-12,14H,3-4,13,20H2,1-2H3/q+1/t14-,21?/m1/s1. The zero-order chi connectivity index (χ0) is 18.9. The van der Waals surface area contributed by atoms with Gasteiger partial charge in [-0.3, -0.25) is 0 Å². The summed E-state index contributed by atoms with van der Waals surface area (Å²) >= 11 is 0. The number of nitrogen functional groups attached to an aromatic ring is 1. The molecule has 1 unspecified atom stereocenters. The van der Waals surface area contributed by atoms with Crippen molar-refractivity contribution in [3.63, 3.8) is 0 Å². The minimum Gasteiger partial charge on any atom is -0.423 e. The zero-order valence-corrected chi connectivity index (χ0v) is 15.7. The van der Waals surface area contributed by atoms with Gasteiger partial charge in [-0.05, 0) is 42.3 Å². The Kier molecular flexibility index (Phi) is 4.77. The number of ether oxygens (including phenoxy) is 1. The lowest BCUT2D eigenvalue weighted by atomic mass is 10.1. The smallest absolute Gasteiger partial charge is 0.423 e. The van der Waals surface area contributed by atoms with Crippen molar-refractivity contribution in [3.8, 4) is 11.1 Å². The van der Waals surface area contributed by atoms with Crippen LogP contribution in [0.1, 0.15) is 19.8 Å². The number of benzene rings is 2. The molecular formula is C19H23N2O4S+. The summed E-state index contributed by atoms with van der Waals surface area (Å²) in [6.45, 7) is 2.01. The molecule has 0 spiro atoms. The minimum atomic E-state index is -3.92. The molecule has 1 aliphatic heterocycles. The first kappa shape index (κ1) is 18.4. The highest BCUT2D eigenvalue weighted by molar-refractivity contribution is 7.86. The van der Waals surface area contributed by atoms with Crippen LogP contribution in [0.4, 0.5) is 10.5 Å². The number of sulfonamides is 1. The largest absolute Gasteiger partial charge is 0.531 e. The summed E-state index contributed by atoms with van der Waals surface area (Å²) in [5.74, 6) is 0. The van der Waals surface area contributed by atoms with Crippen LogP contribution in [0.2, 0.25) is 0 Å². The van der Waals surface area contributed by atoms with Crippen LogP contribution in [0.15, 0.2) is 53.4 Å². The maximum absolute atomic E-state index is 13.3. The number of rotatable bonds is 3. The van der Waals surface area contributed by atoms with Crippen molar-refractivity contribution < 1.29 is 21.8 Å². The molecule has 2 aromatic carbocycles. The third kappa shape index (κ3) is 2.77. The van der Waals surface area contributed by atoms with Crippen molar-refractivity contribution in [1.82, 2.24) is 0 Å². The second-order valence-electron chi connectivity index (χ2n) is 6.60. The number of nitrogens with zero attached hydrogens (tertiary/aromatic N) is 1. The van der Waals surface area contributed by atoms with Crippen LogP contribution < -0.4 is 5.73 Å². The highest BCUT2D eigenvalue weighted by Gasteiger charge is 2.58. The van der Waals surface area contributed by atoms with E-state index in [1.165, 1.54) is 7.11 Å². The van der Waals surface area contributed by atoms with Gasteiger partial charge in [-0.2, -0.15) is 13.2 Å². The molecule has 0 aromatic heterocycles. The molecule has 7 heteroatoms. The summed E-state index contributed by atoms with van der Waals surface area (Å²) in [6.07, 6.45) is 0.606. The van der Waals surface area contributed by atoms with Gasteiger partial charge in [-0.25, -0.2) is 0 Å². The molecular weight excluding hydrogens is 352 g/mol. The number of hydrogen-bond donors (Lipinski definition) is 1. The van der Waals surface area contributed by atoms with Gasteiger partial charge in [0.15, 0.2) is 0 Å². The van der Waals surface area contributed by atoms with Crippen molar-refractivity contribution in [1.29, 1.82) is 0 Å². The van der Waals surface area contributed by atoms with Gasteiger partial charge in [-0.15, -0.1) is 3.89 Å². The average molecular weight is 375 g/mol. The molecule has 0 aliphatic carbocycles. The summed E-state index contributed by atoms with van der Waals surface area (Å²) in [7, 11) is -2.69. The van der Waals surface area contributed by atoms with Crippen LogP contribution in [0.25, 0.3) is 11.1 Å². The summed E-state index contributed by atoms with van der Waals surface area (Å²) in [4.78, 5) is 12.6. The Morgan fingerprint density at radius 2 is 1.62 bits per heavy atom. The van der Waals surface area contributed by atoms with E-state index in [1.807, 2.05) is 12.1 Å². The molecule has 1 fully saturated rings. The second kappa shape index (κ2) is 6.74. The Hall–Kier alpha value is -2.38. The molecule has 1 aliphatic rings. The molecule has 3 rings (SSSR count). The molecule has 138 valence electrons. The minimum absolute atomic E-state index is 0.121. The number of carbonyl (C=O) groups excluding carboxylic acids is 1. The molecule has 1 amide bonds. The quantitative estimate of drug-likeness (QED) is 0.656. The van der Waals surface area contributed by atoms with Gasteiger partial charge >= 0.3 is 16.1 Å². The lowest BCUT2D eigenvalue weighted by Crippen LogP contribution is -2.58. The molecule has 2 aromatic rings. The number of quaternary nitrogens is 1. The SMILES string of the molecule is COC(=O)[N+]1(S(=O)(=O)c2ccc(-c3ccc(N)cc3)cc2)CCC[C@H]1C. The van der Waals surface area contributed by atoms with Crippen molar-refractivity contribution in [3.05, 3.63) is 48.5 Å². The molecule has 1 saturated heterocycles. The maximum atomic E-state index is 13.3. The number of hydrogen-bond acceptors (Lipinski definition) is 5. The topological polar surface area (TPSA) is 86.5 Å². The van der Waals surface area contributed by atoms with Crippen LogP contribution in [0.5, 0.6) is 0 Å². The third-order valence-corrected chi connectivity index (χ3v) is 7.55. The van der Waals surface area contributed by atoms with Crippen molar-refractivity contribution in [2.75, 3.05) is 19.4 Å². The molecule has 0 saturated carbocycles. The van der Waals surface area contributed by atoms with Gasteiger partial charge in [0.05, 0.1) is 7.11 Å². The van der Waals surface area contributed by atoms with Crippen LogP contribution in [0.3, 0.4) is 0 Å². The maximum Gasteiger partial charge on any atom is 0.531 e. The Balaban J connectivity index is 2.01. The summed E-state index contributed by atoms with van der Waals surface area (Å²) in [6, 6.07) is 13.6. The molecule has 1 heterocycles. The number of nitrogens with two attached hydrogens (primary N) is 1. The lowest BCUT2D eigenvalue weighted by Gasteiger charge is -2.32. The highest BCUT2D eigenvalue weighted by atomic mass is 32.2. The first-order valence-corrected chi connectivity index (χ1v) is 9.94. The van der Waals surface area contributed by atoms with E-state index in [0.717, 1.165) is 11.1 Å². The molecule has 0 radical (unpaired) electrons. The Morgan fingerprint density at radius 3 is 2.08 bits per heavy atom. The molecule has 6 nitrogen and oxygen atoms in total. The van der Waals surface area contributed by atoms with Crippen molar-refractivity contribution >= 4 is 21.8 Å².